The standard InChI is InChI=1S/C27H29Cl2N3O4S/c1-4-30-27(34)20(3)31(17-21-10-8-9-19(2)15-21)26(33)18-32(25-14-13-22(28)16-24(25)29)37(35,36)23-11-6-5-7-12-23/h5-16,20H,4,17-18H2,1-3H3,(H,30,34)/t20-/m1/s1. The Morgan fingerprint density at radius 1 is 0.973 bits per heavy atom. The monoisotopic (exact) mass is 561 g/mol. The van der Waals surface area contributed by atoms with E-state index in [-0.39, 0.29) is 28.1 Å². The highest BCUT2D eigenvalue weighted by atomic mass is 35.5. The summed E-state index contributed by atoms with van der Waals surface area (Å²) in [6.45, 7) is 5.27. The summed E-state index contributed by atoms with van der Waals surface area (Å²) in [4.78, 5) is 27.9. The first-order valence-electron chi connectivity index (χ1n) is 11.7. The van der Waals surface area contributed by atoms with Crippen molar-refractivity contribution in [1.82, 2.24) is 10.2 Å². The maximum absolute atomic E-state index is 13.8. The summed E-state index contributed by atoms with van der Waals surface area (Å²) in [5, 5.41) is 3.13. The second-order valence-electron chi connectivity index (χ2n) is 8.50. The van der Waals surface area contributed by atoms with Gasteiger partial charge in [-0.3, -0.25) is 13.9 Å². The van der Waals surface area contributed by atoms with Gasteiger partial charge in [0.1, 0.15) is 12.6 Å². The third-order valence-corrected chi connectivity index (χ3v) is 8.05. The molecule has 10 heteroatoms. The molecule has 0 spiro atoms. The van der Waals surface area contributed by atoms with E-state index in [2.05, 4.69) is 5.32 Å². The van der Waals surface area contributed by atoms with Crippen LogP contribution in [0.15, 0.2) is 77.7 Å². The number of hydrogen-bond acceptors (Lipinski definition) is 4. The Morgan fingerprint density at radius 3 is 2.30 bits per heavy atom. The number of benzene rings is 3. The Hall–Kier alpha value is -3.07. The topological polar surface area (TPSA) is 86.8 Å². The van der Waals surface area contributed by atoms with Crippen molar-refractivity contribution >= 4 is 50.7 Å². The minimum atomic E-state index is -4.20. The predicted octanol–water partition coefficient (Wildman–Crippen LogP) is 5.05. The van der Waals surface area contributed by atoms with E-state index in [1.165, 1.54) is 35.2 Å². The molecule has 0 aliphatic carbocycles. The van der Waals surface area contributed by atoms with Crippen LogP contribution in [-0.2, 0) is 26.2 Å². The van der Waals surface area contributed by atoms with Gasteiger partial charge in [-0.1, -0.05) is 71.2 Å². The molecule has 1 atom stereocenters. The number of halogens is 2. The molecule has 0 radical (unpaired) electrons. The van der Waals surface area contributed by atoms with Crippen molar-refractivity contribution in [2.75, 3.05) is 17.4 Å². The summed E-state index contributed by atoms with van der Waals surface area (Å²) in [6.07, 6.45) is 0. The largest absolute Gasteiger partial charge is 0.355 e. The lowest BCUT2D eigenvalue weighted by molar-refractivity contribution is -0.139. The Labute approximate surface area is 228 Å². The first kappa shape index (κ1) is 28.5. The normalized spacial score (nSPS) is 12.0. The third kappa shape index (κ3) is 7.03. The molecule has 0 bridgehead atoms. The Balaban J connectivity index is 2.05. The molecule has 0 unspecified atom stereocenters. The fourth-order valence-electron chi connectivity index (χ4n) is 3.83. The van der Waals surface area contributed by atoms with E-state index in [1.807, 2.05) is 31.2 Å². The summed E-state index contributed by atoms with van der Waals surface area (Å²) >= 11 is 12.4. The minimum absolute atomic E-state index is 0.00387. The zero-order valence-corrected chi connectivity index (χ0v) is 23.1. The quantitative estimate of drug-likeness (QED) is 0.375. The summed E-state index contributed by atoms with van der Waals surface area (Å²) < 4.78 is 28.4. The number of nitrogens with zero attached hydrogens (tertiary/aromatic N) is 2. The molecule has 0 heterocycles. The second kappa shape index (κ2) is 12.4. The number of sulfonamides is 1. The minimum Gasteiger partial charge on any atom is -0.355 e. The van der Waals surface area contributed by atoms with Gasteiger partial charge in [0.05, 0.1) is 15.6 Å². The van der Waals surface area contributed by atoms with Gasteiger partial charge in [-0.15, -0.1) is 0 Å². The molecule has 3 aromatic carbocycles. The van der Waals surface area contributed by atoms with E-state index < -0.39 is 28.5 Å². The molecule has 3 rings (SSSR count). The van der Waals surface area contributed by atoms with Crippen molar-refractivity contribution in [2.24, 2.45) is 0 Å². The lowest BCUT2D eigenvalue weighted by Crippen LogP contribution is -2.51. The fraction of sp³-hybridized carbons (Fsp3) is 0.259. The number of anilines is 1. The van der Waals surface area contributed by atoms with Crippen LogP contribution < -0.4 is 9.62 Å². The van der Waals surface area contributed by atoms with Crippen LogP contribution in [0.25, 0.3) is 0 Å². The molecule has 0 saturated heterocycles. The van der Waals surface area contributed by atoms with Crippen molar-refractivity contribution in [3.63, 3.8) is 0 Å². The van der Waals surface area contributed by atoms with Crippen LogP contribution in [0.4, 0.5) is 5.69 Å². The molecular formula is C27H29Cl2N3O4S. The summed E-state index contributed by atoms with van der Waals surface area (Å²) in [5.41, 5.74) is 1.91. The lowest BCUT2D eigenvalue weighted by atomic mass is 10.1. The van der Waals surface area contributed by atoms with Crippen LogP contribution >= 0.6 is 23.2 Å². The number of carbonyl (C=O) groups excluding carboxylic acids is 2. The molecule has 2 amide bonds. The zero-order valence-electron chi connectivity index (χ0n) is 20.8. The Bertz CT molecular complexity index is 1370. The number of carbonyl (C=O) groups is 2. The van der Waals surface area contributed by atoms with Crippen molar-refractivity contribution in [3.05, 3.63) is 94.0 Å². The van der Waals surface area contributed by atoms with Gasteiger partial charge >= 0.3 is 0 Å². The van der Waals surface area contributed by atoms with E-state index in [0.29, 0.717) is 11.6 Å². The number of nitrogens with one attached hydrogen (secondary N) is 1. The highest BCUT2D eigenvalue weighted by molar-refractivity contribution is 7.92. The maximum atomic E-state index is 13.8. The van der Waals surface area contributed by atoms with E-state index in [4.69, 9.17) is 23.2 Å². The highest BCUT2D eigenvalue weighted by Crippen LogP contribution is 2.33. The molecule has 0 fully saturated rings. The number of hydrogen-bond donors (Lipinski definition) is 1. The number of likely N-dealkylation sites (N-methyl/N-ethyl adjacent to an activating group) is 1. The van der Waals surface area contributed by atoms with Crippen LogP contribution in [0.2, 0.25) is 10.0 Å². The maximum Gasteiger partial charge on any atom is 0.264 e. The van der Waals surface area contributed by atoms with Gasteiger partial charge in [-0.05, 0) is 56.7 Å². The van der Waals surface area contributed by atoms with Crippen LogP contribution in [0, 0.1) is 6.92 Å². The van der Waals surface area contributed by atoms with Gasteiger partial charge in [-0.25, -0.2) is 8.42 Å². The van der Waals surface area contributed by atoms with Crippen molar-refractivity contribution in [3.8, 4) is 0 Å². The first-order chi connectivity index (χ1) is 17.5. The van der Waals surface area contributed by atoms with Crippen LogP contribution in [0.3, 0.4) is 0 Å². The average molecular weight is 563 g/mol. The van der Waals surface area contributed by atoms with Gasteiger partial charge in [0, 0.05) is 18.1 Å². The molecule has 3 aromatic rings. The highest BCUT2D eigenvalue weighted by Gasteiger charge is 2.33. The molecular weight excluding hydrogens is 533 g/mol. The van der Waals surface area contributed by atoms with E-state index >= 15 is 0 Å². The number of rotatable bonds is 10. The van der Waals surface area contributed by atoms with Crippen molar-refractivity contribution < 1.29 is 18.0 Å². The average Bonchev–Trinajstić information content (AvgIpc) is 2.86. The molecule has 7 nitrogen and oxygen atoms in total. The predicted molar refractivity (Wildman–Crippen MR) is 147 cm³/mol. The molecule has 0 aromatic heterocycles. The fourth-order valence-corrected chi connectivity index (χ4v) is 5.84. The molecule has 0 saturated carbocycles. The van der Waals surface area contributed by atoms with Gasteiger partial charge < -0.3 is 10.2 Å². The smallest absolute Gasteiger partial charge is 0.264 e. The van der Waals surface area contributed by atoms with E-state index in [9.17, 15) is 18.0 Å². The summed E-state index contributed by atoms with van der Waals surface area (Å²) in [7, 11) is -4.20. The summed E-state index contributed by atoms with van der Waals surface area (Å²) in [5.74, 6) is -0.906. The third-order valence-electron chi connectivity index (χ3n) is 5.74. The van der Waals surface area contributed by atoms with Gasteiger partial charge in [0.15, 0.2) is 0 Å². The SMILES string of the molecule is CCNC(=O)[C@@H](C)N(Cc1cccc(C)c1)C(=O)CN(c1ccc(Cl)cc1Cl)S(=O)(=O)c1ccccc1. The number of amides is 2. The van der Waals surface area contributed by atoms with E-state index in [0.717, 1.165) is 15.4 Å². The Kier molecular flexibility index (Phi) is 9.59. The number of aryl methyl sites for hydroxylation is 1. The molecule has 37 heavy (non-hydrogen) atoms. The molecule has 196 valence electrons. The van der Waals surface area contributed by atoms with Crippen LogP contribution in [0.1, 0.15) is 25.0 Å². The van der Waals surface area contributed by atoms with Gasteiger partial charge in [0.2, 0.25) is 11.8 Å². The van der Waals surface area contributed by atoms with Crippen LogP contribution in [-0.4, -0.2) is 44.3 Å². The second-order valence-corrected chi connectivity index (χ2v) is 11.2. The lowest BCUT2D eigenvalue weighted by Gasteiger charge is -2.32. The summed E-state index contributed by atoms with van der Waals surface area (Å²) in [6, 6.07) is 18.9. The molecule has 1 N–H and O–H groups in total. The first-order valence-corrected chi connectivity index (χ1v) is 13.9. The molecule has 0 aliphatic heterocycles. The van der Waals surface area contributed by atoms with Crippen molar-refractivity contribution in [2.45, 2.75) is 38.3 Å². The van der Waals surface area contributed by atoms with Crippen molar-refractivity contribution in [1.29, 1.82) is 0 Å². The van der Waals surface area contributed by atoms with E-state index in [1.54, 1.807) is 32.0 Å². The van der Waals surface area contributed by atoms with Crippen LogP contribution in [0.5, 0.6) is 0 Å². The zero-order chi connectivity index (χ0) is 27.2. The van der Waals surface area contributed by atoms with Gasteiger partial charge in [-0.2, -0.15) is 0 Å². The van der Waals surface area contributed by atoms with Gasteiger partial charge in [0.25, 0.3) is 10.0 Å². The Morgan fingerprint density at radius 2 is 1.68 bits per heavy atom. The molecule has 0 aliphatic rings.